The second kappa shape index (κ2) is 5.61. The van der Waals surface area contributed by atoms with Crippen LogP contribution in [0.1, 0.15) is 15.9 Å². The lowest BCUT2D eigenvalue weighted by Crippen LogP contribution is -1.98. The van der Waals surface area contributed by atoms with Crippen LogP contribution in [0.2, 0.25) is 0 Å². The predicted molar refractivity (Wildman–Crippen MR) is 74.7 cm³/mol. The molecule has 2 nitrogen and oxygen atoms in total. The number of nitriles is 1. The molecule has 0 aliphatic carbocycles. The Morgan fingerprint density at radius 2 is 1.50 bits per heavy atom. The Labute approximate surface area is 114 Å². The summed E-state index contributed by atoms with van der Waals surface area (Å²) in [4.78, 5) is 11.5. The summed E-state index contributed by atoms with van der Waals surface area (Å²) < 4.78 is 0. The molecule has 0 amide bonds. The average molecular weight is 300 g/mol. The standard InChI is InChI=1S/C15H10BrNO/c16-9-15(18)14-7-5-13(6-8-14)12-3-1-11(10-17)2-4-12/h1-8H,9H2. The van der Waals surface area contributed by atoms with Crippen molar-refractivity contribution < 1.29 is 4.79 Å². The first-order chi connectivity index (χ1) is 8.74. The summed E-state index contributed by atoms with van der Waals surface area (Å²) in [5, 5.41) is 9.07. The smallest absolute Gasteiger partial charge is 0.173 e. The van der Waals surface area contributed by atoms with Crippen LogP contribution in [0.15, 0.2) is 48.5 Å². The fourth-order valence-electron chi connectivity index (χ4n) is 1.66. The highest BCUT2D eigenvalue weighted by atomic mass is 79.9. The number of hydrogen-bond acceptors (Lipinski definition) is 2. The minimum Gasteiger partial charge on any atom is -0.293 e. The third-order valence-corrected chi connectivity index (χ3v) is 3.18. The largest absolute Gasteiger partial charge is 0.293 e. The molecule has 0 saturated carbocycles. The number of carbonyl (C=O) groups excluding carboxylic acids is 1. The molecular weight excluding hydrogens is 290 g/mol. The topological polar surface area (TPSA) is 40.9 Å². The fraction of sp³-hybridized carbons (Fsp3) is 0.0667. The van der Waals surface area contributed by atoms with Crippen molar-refractivity contribution >= 4 is 21.7 Å². The number of halogens is 1. The van der Waals surface area contributed by atoms with Crippen molar-refractivity contribution in [3.63, 3.8) is 0 Å². The molecule has 3 heteroatoms. The van der Waals surface area contributed by atoms with Crippen molar-refractivity contribution in [2.45, 2.75) is 0 Å². The van der Waals surface area contributed by atoms with Crippen molar-refractivity contribution in [1.29, 1.82) is 5.26 Å². The average Bonchev–Trinajstić information content (AvgIpc) is 2.47. The number of hydrogen-bond donors (Lipinski definition) is 0. The van der Waals surface area contributed by atoms with Gasteiger partial charge in [-0.2, -0.15) is 5.26 Å². The Hall–Kier alpha value is -1.92. The van der Waals surface area contributed by atoms with E-state index in [2.05, 4.69) is 22.0 Å². The molecule has 2 rings (SSSR count). The minimum atomic E-state index is 0.0707. The fourth-order valence-corrected chi connectivity index (χ4v) is 1.99. The molecule has 0 bridgehead atoms. The molecule has 18 heavy (non-hydrogen) atoms. The molecule has 0 radical (unpaired) electrons. The van der Waals surface area contributed by atoms with Gasteiger partial charge in [0.2, 0.25) is 0 Å². The van der Waals surface area contributed by atoms with E-state index in [1.54, 1.807) is 12.1 Å². The van der Waals surface area contributed by atoms with Crippen LogP contribution in [0, 0.1) is 11.3 Å². The van der Waals surface area contributed by atoms with Gasteiger partial charge < -0.3 is 0 Å². The molecular formula is C15H10BrNO. The summed E-state index contributed by atoms with van der Waals surface area (Å²) in [7, 11) is 0. The molecule has 0 spiro atoms. The third-order valence-electron chi connectivity index (χ3n) is 2.68. The zero-order valence-corrected chi connectivity index (χ0v) is 11.1. The van der Waals surface area contributed by atoms with Crippen LogP contribution < -0.4 is 0 Å². The van der Waals surface area contributed by atoms with Crippen molar-refractivity contribution in [2.75, 3.05) is 5.33 Å². The Kier molecular flexibility index (Phi) is 3.91. The van der Waals surface area contributed by atoms with Gasteiger partial charge in [-0.15, -0.1) is 0 Å². The van der Waals surface area contributed by atoms with Crippen LogP contribution >= 0.6 is 15.9 Å². The Morgan fingerprint density at radius 1 is 1.00 bits per heavy atom. The van der Waals surface area contributed by atoms with Crippen molar-refractivity contribution in [2.24, 2.45) is 0 Å². The summed E-state index contributed by atoms with van der Waals surface area (Å²) in [5.74, 6) is 0.0707. The van der Waals surface area contributed by atoms with Crippen LogP contribution in [0.3, 0.4) is 0 Å². The van der Waals surface area contributed by atoms with E-state index in [1.807, 2.05) is 36.4 Å². The number of ketones is 1. The molecule has 0 atom stereocenters. The molecule has 2 aromatic carbocycles. The number of nitrogens with zero attached hydrogens (tertiary/aromatic N) is 1. The summed E-state index contributed by atoms with van der Waals surface area (Å²) >= 11 is 3.15. The maximum absolute atomic E-state index is 11.5. The van der Waals surface area contributed by atoms with Crippen molar-refractivity contribution in [3.8, 4) is 17.2 Å². The Balaban J connectivity index is 2.29. The van der Waals surface area contributed by atoms with E-state index >= 15 is 0 Å². The zero-order chi connectivity index (χ0) is 13.0. The van der Waals surface area contributed by atoms with Gasteiger partial charge >= 0.3 is 0 Å². The van der Waals surface area contributed by atoms with Crippen molar-refractivity contribution in [3.05, 3.63) is 59.7 Å². The molecule has 0 N–H and O–H groups in total. The van der Waals surface area contributed by atoms with Gasteiger partial charge in [0.05, 0.1) is 17.0 Å². The molecule has 0 heterocycles. The highest BCUT2D eigenvalue weighted by Crippen LogP contribution is 2.20. The molecule has 0 aliphatic rings. The summed E-state index contributed by atoms with van der Waals surface area (Å²) in [6.45, 7) is 0. The summed E-state index contributed by atoms with van der Waals surface area (Å²) in [6.07, 6.45) is 0. The van der Waals surface area contributed by atoms with Gasteiger partial charge in [0.1, 0.15) is 0 Å². The van der Waals surface area contributed by atoms with Gasteiger partial charge in [-0.3, -0.25) is 4.79 Å². The van der Waals surface area contributed by atoms with E-state index in [0.717, 1.165) is 11.1 Å². The number of rotatable bonds is 3. The van der Waals surface area contributed by atoms with Crippen LogP contribution in [-0.4, -0.2) is 11.1 Å². The molecule has 88 valence electrons. The highest BCUT2D eigenvalue weighted by Gasteiger charge is 2.04. The zero-order valence-electron chi connectivity index (χ0n) is 9.56. The molecule has 0 fully saturated rings. The summed E-state index contributed by atoms with van der Waals surface area (Å²) in [5.41, 5.74) is 3.41. The second-order valence-corrected chi connectivity index (χ2v) is 4.38. The van der Waals surface area contributed by atoms with E-state index < -0.39 is 0 Å². The molecule has 0 saturated heterocycles. The Bertz CT molecular complexity index is 594. The van der Waals surface area contributed by atoms with Crippen LogP contribution in [0.25, 0.3) is 11.1 Å². The highest BCUT2D eigenvalue weighted by molar-refractivity contribution is 9.09. The molecule has 0 aliphatic heterocycles. The van der Waals surface area contributed by atoms with Crippen molar-refractivity contribution in [1.82, 2.24) is 0 Å². The van der Waals surface area contributed by atoms with E-state index in [1.165, 1.54) is 0 Å². The monoisotopic (exact) mass is 299 g/mol. The van der Waals surface area contributed by atoms with E-state index in [4.69, 9.17) is 5.26 Å². The van der Waals surface area contributed by atoms with Crippen LogP contribution in [0.4, 0.5) is 0 Å². The maximum atomic E-state index is 11.5. The predicted octanol–water partition coefficient (Wildman–Crippen LogP) is 3.80. The first-order valence-corrected chi connectivity index (χ1v) is 6.56. The van der Waals surface area contributed by atoms with Crippen LogP contribution in [0.5, 0.6) is 0 Å². The minimum absolute atomic E-state index is 0.0707. The van der Waals surface area contributed by atoms with Crippen LogP contribution in [-0.2, 0) is 0 Å². The van der Waals surface area contributed by atoms with Gasteiger partial charge in [0.25, 0.3) is 0 Å². The van der Waals surface area contributed by atoms with Gasteiger partial charge in [0, 0.05) is 5.56 Å². The SMILES string of the molecule is N#Cc1ccc(-c2ccc(C(=O)CBr)cc2)cc1. The number of alkyl halides is 1. The van der Waals surface area contributed by atoms with Gasteiger partial charge in [-0.1, -0.05) is 52.3 Å². The molecule has 0 aromatic heterocycles. The Morgan fingerprint density at radius 3 is 1.94 bits per heavy atom. The van der Waals surface area contributed by atoms with Gasteiger partial charge in [-0.05, 0) is 23.3 Å². The number of benzene rings is 2. The molecule has 2 aromatic rings. The third kappa shape index (κ3) is 2.66. The lowest BCUT2D eigenvalue weighted by Gasteiger charge is -2.03. The van der Waals surface area contributed by atoms with E-state index in [-0.39, 0.29) is 5.78 Å². The van der Waals surface area contributed by atoms with E-state index in [9.17, 15) is 4.79 Å². The van der Waals surface area contributed by atoms with Gasteiger partial charge in [0.15, 0.2) is 5.78 Å². The lowest BCUT2D eigenvalue weighted by atomic mass is 10.0. The first kappa shape index (κ1) is 12.5. The molecule has 0 unspecified atom stereocenters. The quantitative estimate of drug-likeness (QED) is 0.639. The normalized spacial score (nSPS) is 9.78. The van der Waals surface area contributed by atoms with E-state index in [0.29, 0.717) is 16.5 Å². The second-order valence-electron chi connectivity index (χ2n) is 3.82. The number of carbonyl (C=O) groups is 1. The summed E-state index contributed by atoms with van der Waals surface area (Å²) in [6, 6.07) is 16.9. The lowest BCUT2D eigenvalue weighted by molar-refractivity contribution is 0.102. The van der Waals surface area contributed by atoms with Gasteiger partial charge in [-0.25, -0.2) is 0 Å². The maximum Gasteiger partial charge on any atom is 0.173 e. The first-order valence-electron chi connectivity index (χ1n) is 5.44. The number of Topliss-reactive ketones (excluding diaryl/α,β-unsaturated/α-hetero) is 1.